The minimum absolute atomic E-state index is 0.671. The minimum Gasteiger partial charge on any atom is -0.0800 e. The van der Waals surface area contributed by atoms with Crippen molar-refractivity contribution in [2.45, 2.75) is 18.6 Å². The lowest BCUT2D eigenvalue weighted by molar-refractivity contribution is 1.31. The summed E-state index contributed by atoms with van der Waals surface area (Å²) in [5, 5.41) is 1.54. The molecule has 1 aromatic carbocycles. The fourth-order valence-electron chi connectivity index (χ4n) is 1.97. The smallest absolute Gasteiger partial charge is 0.0800 e. The van der Waals surface area contributed by atoms with Gasteiger partial charge in [-0.25, -0.2) is 0 Å². The van der Waals surface area contributed by atoms with Crippen LogP contribution >= 0.6 is 0 Å². The van der Waals surface area contributed by atoms with E-state index < -0.39 is 8.07 Å². The van der Waals surface area contributed by atoms with Gasteiger partial charge in [-0.1, -0.05) is 72.9 Å². The molecule has 0 unspecified atom stereocenters. The van der Waals surface area contributed by atoms with Crippen molar-refractivity contribution in [3.8, 4) is 0 Å². The number of rotatable bonds is 2. The van der Waals surface area contributed by atoms with Crippen LogP contribution in [0.5, 0.6) is 0 Å². The number of benzene rings is 1. The molecule has 0 N–H and O–H groups in total. The summed E-state index contributed by atoms with van der Waals surface area (Å²) in [6, 6.07) is 10.9. The molecule has 1 aromatic rings. The van der Waals surface area contributed by atoms with Gasteiger partial charge in [-0.15, -0.1) is 0 Å². The van der Waals surface area contributed by atoms with Gasteiger partial charge in [0.15, 0.2) is 0 Å². The first kappa shape index (κ1) is 9.47. The molecule has 0 nitrogen and oxygen atoms in total. The second-order valence-electron chi connectivity index (χ2n) is 4.38. The Balaban J connectivity index is 2.32. The molecule has 72 valence electrons. The summed E-state index contributed by atoms with van der Waals surface area (Å²) in [6.07, 6.45) is 9.00. The number of hydrogen-bond donors (Lipinski definition) is 0. The highest BCUT2D eigenvalue weighted by atomic mass is 28.3. The van der Waals surface area contributed by atoms with Gasteiger partial charge in [0, 0.05) is 0 Å². The second-order valence-corrected chi connectivity index (χ2v) is 9.07. The Bertz CT molecular complexity index is 348. The maximum atomic E-state index is 2.44. The molecule has 0 amide bonds. The van der Waals surface area contributed by atoms with Crippen LogP contribution in [0.1, 0.15) is 0 Å². The largest absolute Gasteiger partial charge is 0.0911 e. The molecule has 0 radical (unpaired) electrons. The molecule has 0 atom stereocenters. The summed E-state index contributed by atoms with van der Waals surface area (Å²) in [5.41, 5.74) is 0.671. The zero-order valence-electron chi connectivity index (χ0n) is 8.77. The van der Waals surface area contributed by atoms with E-state index in [-0.39, 0.29) is 0 Å². The first-order chi connectivity index (χ1) is 6.71. The van der Waals surface area contributed by atoms with Crippen LogP contribution in [-0.4, -0.2) is 8.07 Å². The summed E-state index contributed by atoms with van der Waals surface area (Å²) in [4.78, 5) is 0. The van der Waals surface area contributed by atoms with E-state index >= 15 is 0 Å². The highest BCUT2D eigenvalue weighted by molar-refractivity contribution is 6.91. The summed E-state index contributed by atoms with van der Waals surface area (Å²) < 4.78 is 0. The summed E-state index contributed by atoms with van der Waals surface area (Å²) in [6.45, 7) is 4.88. The Hall–Kier alpha value is -1.08. The van der Waals surface area contributed by atoms with Crippen LogP contribution in [0.3, 0.4) is 0 Å². The monoisotopic (exact) mass is 200 g/mol. The lowest BCUT2D eigenvalue weighted by atomic mass is 10.4. The summed E-state index contributed by atoms with van der Waals surface area (Å²) in [7, 11) is -1.32. The SMILES string of the molecule is C[Si](C)(c1ccccc1)C1C=CC=C1. The minimum atomic E-state index is -1.32. The summed E-state index contributed by atoms with van der Waals surface area (Å²) >= 11 is 0. The normalized spacial score (nSPS) is 16.4. The van der Waals surface area contributed by atoms with Gasteiger partial charge < -0.3 is 0 Å². The van der Waals surface area contributed by atoms with Crippen molar-refractivity contribution in [3.05, 3.63) is 54.6 Å². The Kier molecular flexibility index (Phi) is 2.42. The molecule has 0 aromatic heterocycles. The molecule has 0 saturated heterocycles. The van der Waals surface area contributed by atoms with Crippen LogP contribution in [0.4, 0.5) is 0 Å². The van der Waals surface area contributed by atoms with Gasteiger partial charge >= 0.3 is 0 Å². The molecule has 0 fully saturated rings. The van der Waals surface area contributed by atoms with E-state index in [0.29, 0.717) is 5.54 Å². The third-order valence-electron chi connectivity index (χ3n) is 3.10. The van der Waals surface area contributed by atoms with E-state index in [1.807, 2.05) is 0 Å². The third kappa shape index (κ3) is 1.60. The maximum Gasteiger partial charge on any atom is 0.0911 e. The van der Waals surface area contributed by atoms with Gasteiger partial charge in [-0.2, -0.15) is 0 Å². The van der Waals surface area contributed by atoms with Crippen molar-refractivity contribution < 1.29 is 0 Å². The molecule has 1 aliphatic carbocycles. The molecular weight excluding hydrogens is 184 g/mol. The van der Waals surface area contributed by atoms with Crippen molar-refractivity contribution in [3.63, 3.8) is 0 Å². The van der Waals surface area contributed by atoms with E-state index in [4.69, 9.17) is 0 Å². The van der Waals surface area contributed by atoms with Crippen LogP contribution in [0, 0.1) is 0 Å². The van der Waals surface area contributed by atoms with E-state index in [1.165, 1.54) is 0 Å². The zero-order valence-corrected chi connectivity index (χ0v) is 9.77. The number of allylic oxidation sites excluding steroid dienone is 4. The van der Waals surface area contributed by atoms with Crippen molar-refractivity contribution in [2.24, 2.45) is 0 Å². The van der Waals surface area contributed by atoms with Crippen LogP contribution in [0.15, 0.2) is 54.6 Å². The van der Waals surface area contributed by atoms with Gasteiger partial charge in [-0.05, 0) is 5.54 Å². The quantitative estimate of drug-likeness (QED) is 0.644. The zero-order chi connectivity index (χ0) is 10.0. The predicted molar refractivity (Wildman–Crippen MR) is 65.6 cm³/mol. The first-order valence-corrected chi connectivity index (χ1v) is 8.19. The third-order valence-corrected chi connectivity index (χ3v) is 6.97. The standard InChI is InChI=1S/C13H16Si/c1-14(2,13-10-6-7-11-13)12-8-4-3-5-9-12/h3-11,13H,1-2H3. The fourth-order valence-corrected chi connectivity index (χ4v) is 4.59. The molecule has 0 spiro atoms. The Morgan fingerprint density at radius 1 is 0.929 bits per heavy atom. The average Bonchev–Trinajstić information content (AvgIpc) is 2.72. The van der Waals surface area contributed by atoms with Crippen molar-refractivity contribution in [2.75, 3.05) is 0 Å². The van der Waals surface area contributed by atoms with Gasteiger partial charge in [-0.3, -0.25) is 0 Å². The van der Waals surface area contributed by atoms with E-state index in [9.17, 15) is 0 Å². The Labute approximate surface area is 87.0 Å². The van der Waals surface area contributed by atoms with Gasteiger partial charge in [0.05, 0.1) is 8.07 Å². The van der Waals surface area contributed by atoms with Crippen LogP contribution in [0.25, 0.3) is 0 Å². The topological polar surface area (TPSA) is 0 Å². The lowest BCUT2D eigenvalue weighted by Crippen LogP contribution is -2.44. The lowest BCUT2D eigenvalue weighted by Gasteiger charge is -2.27. The molecule has 1 aliphatic rings. The molecule has 0 heterocycles. The number of hydrogen-bond acceptors (Lipinski definition) is 0. The molecule has 0 aliphatic heterocycles. The summed E-state index contributed by atoms with van der Waals surface area (Å²) in [5.74, 6) is 0. The molecule has 1 heteroatoms. The van der Waals surface area contributed by atoms with Crippen molar-refractivity contribution >= 4 is 13.3 Å². The second kappa shape index (κ2) is 3.58. The highest BCUT2D eigenvalue weighted by Gasteiger charge is 2.30. The maximum absolute atomic E-state index is 2.44. The molecule has 0 bridgehead atoms. The average molecular weight is 200 g/mol. The van der Waals surface area contributed by atoms with Gasteiger partial charge in [0.2, 0.25) is 0 Å². The van der Waals surface area contributed by atoms with Crippen LogP contribution in [-0.2, 0) is 0 Å². The van der Waals surface area contributed by atoms with Crippen molar-refractivity contribution in [1.82, 2.24) is 0 Å². The highest BCUT2D eigenvalue weighted by Crippen LogP contribution is 2.27. The van der Waals surface area contributed by atoms with Crippen LogP contribution in [0.2, 0.25) is 18.6 Å². The predicted octanol–water partition coefficient (Wildman–Crippen LogP) is 3.10. The Morgan fingerprint density at radius 2 is 1.50 bits per heavy atom. The van der Waals surface area contributed by atoms with Crippen molar-refractivity contribution in [1.29, 1.82) is 0 Å². The molecule has 0 saturated carbocycles. The Morgan fingerprint density at radius 3 is 2.07 bits per heavy atom. The van der Waals surface area contributed by atoms with E-state index in [2.05, 4.69) is 67.7 Å². The first-order valence-electron chi connectivity index (χ1n) is 5.12. The van der Waals surface area contributed by atoms with Gasteiger partial charge in [0.1, 0.15) is 0 Å². The van der Waals surface area contributed by atoms with Gasteiger partial charge in [0.25, 0.3) is 0 Å². The fraction of sp³-hybridized carbons (Fsp3) is 0.231. The molecule has 14 heavy (non-hydrogen) atoms. The molecule has 2 rings (SSSR count). The van der Waals surface area contributed by atoms with Crippen LogP contribution < -0.4 is 5.19 Å². The molecular formula is C13H16Si. The van der Waals surface area contributed by atoms with E-state index in [1.54, 1.807) is 5.19 Å². The van der Waals surface area contributed by atoms with E-state index in [0.717, 1.165) is 0 Å².